The first-order valence-electron chi connectivity index (χ1n) is 7.22. The number of ether oxygens (including phenoxy) is 2. The Morgan fingerprint density at radius 1 is 0.905 bits per heavy atom. The molecular weight excluding hydrogens is 286 g/mol. The van der Waals surface area contributed by atoms with Gasteiger partial charge in [0.2, 0.25) is 0 Å². The Labute approximate surface area is 129 Å². The molecule has 2 heterocycles. The molecular formula is C17H16ClNO2. The van der Waals surface area contributed by atoms with E-state index in [9.17, 15) is 0 Å². The summed E-state index contributed by atoms with van der Waals surface area (Å²) in [6, 6.07) is 11.9. The van der Waals surface area contributed by atoms with Crippen LogP contribution in [0.15, 0.2) is 36.4 Å². The van der Waals surface area contributed by atoms with E-state index in [4.69, 9.17) is 21.1 Å². The zero-order chi connectivity index (χ0) is 14.2. The van der Waals surface area contributed by atoms with Gasteiger partial charge in [0.05, 0.1) is 13.2 Å². The van der Waals surface area contributed by atoms with Crippen molar-refractivity contribution >= 4 is 17.3 Å². The van der Waals surface area contributed by atoms with Crippen LogP contribution in [-0.4, -0.2) is 13.3 Å². The third kappa shape index (κ3) is 2.32. The lowest BCUT2D eigenvalue weighted by Crippen LogP contribution is -2.33. The largest absolute Gasteiger partial charge is 0.493 e. The summed E-state index contributed by atoms with van der Waals surface area (Å²) in [6.07, 6.45) is 2.14. The third-order valence-electron chi connectivity index (χ3n) is 4.09. The van der Waals surface area contributed by atoms with Crippen molar-refractivity contribution in [2.24, 2.45) is 0 Å². The lowest BCUT2D eigenvalue weighted by atomic mass is 9.98. The average Bonchev–Trinajstić information content (AvgIpc) is 2.55. The van der Waals surface area contributed by atoms with E-state index in [2.05, 4.69) is 4.90 Å². The number of anilines is 1. The van der Waals surface area contributed by atoms with Crippen molar-refractivity contribution in [3.63, 3.8) is 0 Å². The molecule has 108 valence electrons. The highest BCUT2D eigenvalue weighted by Gasteiger charge is 2.24. The summed E-state index contributed by atoms with van der Waals surface area (Å²) in [5.74, 6) is 2.01. The molecule has 0 radical (unpaired) electrons. The number of nitrogens with zero attached hydrogens (tertiary/aromatic N) is 1. The average molecular weight is 302 g/mol. The fourth-order valence-electron chi connectivity index (χ4n) is 3.00. The molecule has 0 bridgehead atoms. The van der Waals surface area contributed by atoms with Crippen LogP contribution in [0.1, 0.15) is 17.5 Å². The molecule has 0 saturated heterocycles. The van der Waals surface area contributed by atoms with Crippen LogP contribution in [0.2, 0.25) is 5.02 Å². The Bertz CT molecular complexity index is 669. The van der Waals surface area contributed by atoms with Gasteiger partial charge in [0.25, 0.3) is 0 Å². The number of halogens is 1. The Kier molecular flexibility index (Phi) is 3.15. The number of fused-ring (bicyclic) bond motifs is 3. The van der Waals surface area contributed by atoms with Crippen molar-refractivity contribution in [2.75, 3.05) is 18.2 Å². The first-order chi connectivity index (χ1) is 10.3. The second-order valence-corrected chi connectivity index (χ2v) is 5.86. The highest BCUT2D eigenvalue weighted by molar-refractivity contribution is 6.30. The summed E-state index contributed by atoms with van der Waals surface area (Å²) in [6.45, 7) is 2.23. The topological polar surface area (TPSA) is 21.7 Å². The van der Waals surface area contributed by atoms with Crippen LogP contribution in [0.4, 0.5) is 5.69 Å². The van der Waals surface area contributed by atoms with Crippen LogP contribution in [0.25, 0.3) is 0 Å². The number of hydrogen-bond donors (Lipinski definition) is 0. The smallest absolute Gasteiger partial charge is 0.161 e. The summed E-state index contributed by atoms with van der Waals surface area (Å²) >= 11 is 5.96. The van der Waals surface area contributed by atoms with Gasteiger partial charge in [0, 0.05) is 21.8 Å². The van der Waals surface area contributed by atoms with Gasteiger partial charge in [0.1, 0.15) is 11.5 Å². The van der Waals surface area contributed by atoms with Crippen molar-refractivity contribution in [3.8, 4) is 11.5 Å². The van der Waals surface area contributed by atoms with E-state index in [1.165, 1.54) is 11.1 Å². The maximum absolute atomic E-state index is 5.96. The molecule has 0 fully saturated rings. The molecule has 21 heavy (non-hydrogen) atoms. The molecule has 2 aliphatic heterocycles. The van der Waals surface area contributed by atoms with Crippen LogP contribution in [0.3, 0.4) is 0 Å². The van der Waals surface area contributed by atoms with Crippen molar-refractivity contribution in [1.82, 2.24) is 0 Å². The van der Waals surface area contributed by atoms with E-state index in [-0.39, 0.29) is 0 Å². The molecule has 3 nitrogen and oxygen atoms in total. The quantitative estimate of drug-likeness (QED) is 0.794. The summed E-state index contributed by atoms with van der Waals surface area (Å²) in [4.78, 5) is 2.22. The van der Waals surface area contributed by atoms with Crippen LogP contribution in [0, 0.1) is 0 Å². The highest BCUT2D eigenvalue weighted by Crippen LogP contribution is 2.38. The molecule has 0 amide bonds. The number of hydrogen-bond acceptors (Lipinski definition) is 3. The normalized spacial score (nSPS) is 16.5. The maximum atomic E-state index is 5.96. The molecule has 4 heteroatoms. The molecule has 0 unspecified atom stereocenters. The van der Waals surface area contributed by atoms with Crippen LogP contribution in [0.5, 0.6) is 11.5 Å². The monoisotopic (exact) mass is 301 g/mol. The van der Waals surface area contributed by atoms with Gasteiger partial charge < -0.3 is 14.4 Å². The third-order valence-corrected chi connectivity index (χ3v) is 4.34. The van der Waals surface area contributed by atoms with E-state index in [0.29, 0.717) is 6.73 Å². The Morgan fingerprint density at radius 2 is 1.67 bits per heavy atom. The van der Waals surface area contributed by atoms with Crippen LogP contribution < -0.4 is 14.4 Å². The first-order valence-corrected chi connectivity index (χ1v) is 7.60. The number of rotatable bonds is 1. The van der Waals surface area contributed by atoms with E-state index >= 15 is 0 Å². The molecule has 0 N–H and O–H groups in total. The minimum atomic E-state index is 0.564. The Hall–Kier alpha value is -1.87. The molecule has 2 aromatic rings. The number of benzene rings is 2. The van der Waals surface area contributed by atoms with E-state index in [1.807, 2.05) is 36.4 Å². The predicted octanol–water partition coefficient (Wildman–Crippen LogP) is 4.02. The van der Waals surface area contributed by atoms with Gasteiger partial charge in [-0.05, 0) is 49.2 Å². The summed E-state index contributed by atoms with van der Waals surface area (Å²) < 4.78 is 11.7. The summed E-state index contributed by atoms with van der Waals surface area (Å²) in [5.41, 5.74) is 3.69. The molecule has 4 rings (SSSR count). The molecule has 0 aromatic heterocycles. The second-order valence-electron chi connectivity index (χ2n) is 5.42. The van der Waals surface area contributed by atoms with Crippen molar-refractivity contribution in [3.05, 3.63) is 52.5 Å². The highest BCUT2D eigenvalue weighted by atomic mass is 35.5. The van der Waals surface area contributed by atoms with Gasteiger partial charge in [0.15, 0.2) is 6.73 Å². The van der Waals surface area contributed by atoms with E-state index in [1.54, 1.807) is 0 Å². The van der Waals surface area contributed by atoms with Gasteiger partial charge in [-0.2, -0.15) is 0 Å². The lowest BCUT2D eigenvalue weighted by Gasteiger charge is -2.33. The minimum Gasteiger partial charge on any atom is -0.493 e. The molecule has 0 aliphatic carbocycles. The summed E-state index contributed by atoms with van der Waals surface area (Å²) in [5, 5.41) is 0.753. The fraction of sp³-hybridized carbons (Fsp3) is 0.294. The standard InChI is InChI=1S/C17H16ClNO2/c18-12-3-5-13(6-4-12)19-10-15-14-2-1-9-20-16(14)7-8-17(15)21-11-19/h3-8H,1-2,9-11H2. The van der Waals surface area contributed by atoms with Gasteiger partial charge in [-0.25, -0.2) is 0 Å². The fourth-order valence-corrected chi connectivity index (χ4v) is 3.13. The summed E-state index contributed by atoms with van der Waals surface area (Å²) in [7, 11) is 0. The molecule has 2 aromatic carbocycles. The van der Waals surface area contributed by atoms with Gasteiger partial charge in [-0.15, -0.1) is 0 Å². The zero-order valence-electron chi connectivity index (χ0n) is 11.6. The van der Waals surface area contributed by atoms with Gasteiger partial charge in [-0.3, -0.25) is 0 Å². The first kappa shape index (κ1) is 12.8. The van der Waals surface area contributed by atoms with E-state index < -0.39 is 0 Å². The van der Waals surface area contributed by atoms with Crippen molar-refractivity contribution in [1.29, 1.82) is 0 Å². The van der Waals surface area contributed by atoms with Gasteiger partial charge >= 0.3 is 0 Å². The van der Waals surface area contributed by atoms with Crippen molar-refractivity contribution in [2.45, 2.75) is 19.4 Å². The van der Waals surface area contributed by atoms with E-state index in [0.717, 1.165) is 48.2 Å². The minimum absolute atomic E-state index is 0.564. The molecule has 2 aliphatic rings. The Balaban J connectivity index is 1.69. The Morgan fingerprint density at radius 3 is 2.48 bits per heavy atom. The van der Waals surface area contributed by atoms with Gasteiger partial charge in [-0.1, -0.05) is 11.6 Å². The molecule has 0 atom stereocenters. The van der Waals surface area contributed by atoms with Crippen LogP contribution >= 0.6 is 11.6 Å². The zero-order valence-corrected chi connectivity index (χ0v) is 12.4. The predicted molar refractivity (Wildman–Crippen MR) is 83.4 cm³/mol. The van der Waals surface area contributed by atoms with Crippen molar-refractivity contribution < 1.29 is 9.47 Å². The second kappa shape index (κ2) is 5.15. The van der Waals surface area contributed by atoms with Crippen LogP contribution in [-0.2, 0) is 13.0 Å². The maximum Gasteiger partial charge on any atom is 0.161 e. The molecule has 0 spiro atoms. The SMILES string of the molecule is Clc1ccc(N2COc3ccc4c(c3C2)CCCO4)cc1. The lowest BCUT2D eigenvalue weighted by molar-refractivity contribution is 0.270. The molecule has 0 saturated carbocycles.